The molecular weight excluding hydrogens is 166 g/mol. The number of sulfone groups is 1. The molecule has 10 heavy (non-hydrogen) atoms. The van der Waals surface area contributed by atoms with Gasteiger partial charge in [0, 0.05) is 6.92 Å². The van der Waals surface area contributed by atoms with E-state index in [1.54, 1.807) is 0 Å². The van der Waals surface area contributed by atoms with Crippen LogP contribution < -0.4 is 0 Å². The Balaban J connectivity index is 4.59. The minimum absolute atomic E-state index is 0.0628. The summed E-state index contributed by atoms with van der Waals surface area (Å²) in [4.78, 5) is 9.55. The Morgan fingerprint density at radius 1 is 1.50 bits per heavy atom. The highest BCUT2D eigenvalue weighted by Crippen LogP contribution is 2.20. The number of hydrogen-bond donors (Lipinski definition) is 0. The van der Waals surface area contributed by atoms with Crippen LogP contribution in [0.4, 0.5) is 8.78 Å². The van der Waals surface area contributed by atoms with Gasteiger partial charge in [-0.15, -0.1) is 0 Å². The van der Waals surface area contributed by atoms with Crippen LogP contribution >= 0.6 is 0 Å². The molecule has 0 saturated heterocycles. The van der Waals surface area contributed by atoms with E-state index in [0.717, 1.165) is 0 Å². The van der Waals surface area contributed by atoms with Gasteiger partial charge in [-0.3, -0.25) is 0 Å². The molecule has 0 aromatic rings. The summed E-state index contributed by atoms with van der Waals surface area (Å²) < 4.78 is 44.4. The van der Waals surface area contributed by atoms with Crippen LogP contribution in [0.3, 0.4) is 0 Å². The van der Waals surface area contributed by atoms with E-state index in [2.05, 4.69) is 0 Å². The van der Waals surface area contributed by atoms with Gasteiger partial charge in [-0.2, -0.15) is 8.78 Å². The van der Waals surface area contributed by atoms with Crippen molar-refractivity contribution in [2.45, 2.75) is 12.2 Å². The van der Waals surface area contributed by atoms with Gasteiger partial charge in [-0.25, -0.2) is 8.42 Å². The highest BCUT2D eigenvalue weighted by molar-refractivity contribution is 7.93. The first-order chi connectivity index (χ1) is 4.31. The summed E-state index contributed by atoms with van der Waals surface area (Å²) in [6.07, 6.45) is -0.0628. The summed E-state index contributed by atoms with van der Waals surface area (Å²) in [6.45, 7) is 0.242. The molecule has 0 rings (SSSR count). The Morgan fingerprint density at radius 2 is 1.90 bits per heavy atom. The molecule has 0 bridgehead atoms. The molecule has 0 atom stereocenters. The normalized spacial score (nSPS) is 13.1. The second-order valence-electron chi connectivity index (χ2n) is 1.76. The molecule has 0 radical (unpaired) electrons. The van der Waals surface area contributed by atoms with Gasteiger partial charge in [0.2, 0.25) is 9.84 Å². The predicted octanol–water partition coefficient (Wildman–Crippen LogP) is 0.213. The third kappa shape index (κ3) is 2.02. The molecule has 0 amide bonds. The maximum Gasteiger partial charge on any atom is 0.343 e. The van der Waals surface area contributed by atoms with Gasteiger partial charge >= 0.3 is 5.25 Å². The van der Waals surface area contributed by atoms with Gasteiger partial charge in [-0.1, -0.05) is 0 Å². The Labute approximate surface area is 57.0 Å². The molecule has 0 heterocycles. The lowest BCUT2D eigenvalue weighted by Gasteiger charge is -2.07. The van der Waals surface area contributed by atoms with E-state index in [1.165, 1.54) is 0 Å². The van der Waals surface area contributed by atoms with Crippen molar-refractivity contribution < 1.29 is 22.0 Å². The molecule has 6 heteroatoms. The molecule has 0 saturated carbocycles. The van der Waals surface area contributed by atoms with E-state index in [9.17, 15) is 22.0 Å². The average Bonchev–Trinajstić information content (AvgIpc) is 1.61. The number of hydrogen-bond acceptors (Lipinski definition) is 3. The van der Waals surface area contributed by atoms with Gasteiger partial charge in [0.25, 0.3) is 0 Å². The molecule has 3 nitrogen and oxygen atoms in total. The van der Waals surface area contributed by atoms with Gasteiger partial charge < -0.3 is 4.79 Å². The number of halogens is 2. The summed E-state index contributed by atoms with van der Waals surface area (Å²) in [5.41, 5.74) is 0. The van der Waals surface area contributed by atoms with Crippen molar-refractivity contribution in [3.8, 4) is 0 Å². The zero-order valence-electron chi connectivity index (χ0n) is 5.17. The second-order valence-corrected chi connectivity index (χ2v) is 4.04. The van der Waals surface area contributed by atoms with E-state index in [0.29, 0.717) is 0 Å². The number of alkyl halides is 2. The molecule has 0 fully saturated rings. The van der Waals surface area contributed by atoms with Crippen LogP contribution in [-0.4, -0.2) is 25.7 Å². The summed E-state index contributed by atoms with van der Waals surface area (Å²) in [7, 11) is -4.55. The minimum Gasteiger partial charge on any atom is -0.302 e. The Hall–Kier alpha value is -0.520. The highest BCUT2D eigenvalue weighted by Gasteiger charge is 2.38. The highest BCUT2D eigenvalue weighted by atomic mass is 32.2. The van der Waals surface area contributed by atoms with Crippen LogP contribution in [0, 0.1) is 0 Å². The van der Waals surface area contributed by atoms with Gasteiger partial charge in [-0.05, 0) is 0 Å². The maximum atomic E-state index is 11.9. The first-order valence-corrected chi connectivity index (χ1v) is 4.00. The fourth-order valence-corrected chi connectivity index (χ4v) is 0.708. The van der Waals surface area contributed by atoms with Crippen molar-refractivity contribution in [3.63, 3.8) is 0 Å². The molecule has 0 unspecified atom stereocenters. The molecule has 0 aliphatic carbocycles. The predicted molar refractivity (Wildman–Crippen MR) is 30.5 cm³/mol. The molecule has 0 aliphatic rings. The number of aldehydes is 1. The summed E-state index contributed by atoms with van der Waals surface area (Å²) in [5, 5.41) is -3.81. The monoisotopic (exact) mass is 172 g/mol. The lowest BCUT2D eigenvalue weighted by molar-refractivity contribution is -0.105. The van der Waals surface area contributed by atoms with Crippen molar-refractivity contribution in [3.05, 3.63) is 0 Å². The first-order valence-electron chi connectivity index (χ1n) is 2.35. The lowest BCUT2D eigenvalue weighted by atomic mass is 10.8. The second kappa shape index (κ2) is 2.61. The number of carbonyl (C=O) groups is 1. The van der Waals surface area contributed by atoms with Crippen molar-refractivity contribution in [1.29, 1.82) is 0 Å². The van der Waals surface area contributed by atoms with E-state index < -0.39 is 20.8 Å². The lowest BCUT2D eigenvalue weighted by Crippen LogP contribution is -2.27. The average molecular weight is 172 g/mol. The van der Waals surface area contributed by atoms with Crippen molar-refractivity contribution in [1.82, 2.24) is 0 Å². The Kier molecular flexibility index (Phi) is 2.48. The molecular formula is C4H6F2O3S. The standard InChI is InChI=1S/C4H6F2O3S/c1-4(5,6)10(8,9)3-2-7/h2H,3H2,1H3. The van der Waals surface area contributed by atoms with Crippen LogP contribution in [0.1, 0.15) is 6.92 Å². The van der Waals surface area contributed by atoms with Crippen LogP contribution in [0.25, 0.3) is 0 Å². The topological polar surface area (TPSA) is 51.2 Å². The van der Waals surface area contributed by atoms with Gasteiger partial charge in [0.1, 0.15) is 12.0 Å². The van der Waals surface area contributed by atoms with Crippen molar-refractivity contribution >= 4 is 16.1 Å². The Morgan fingerprint density at radius 3 is 2.00 bits per heavy atom. The molecule has 0 aromatic heterocycles. The number of rotatable bonds is 3. The smallest absolute Gasteiger partial charge is 0.302 e. The van der Waals surface area contributed by atoms with Crippen molar-refractivity contribution in [2.75, 3.05) is 5.75 Å². The van der Waals surface area contributed by atoms with Crippen LogP contribution in [0.2, 0.25) is 0 Å². The van der Waals surface area contributed by atoms with Crippen LogP contribution in [0.5, 0.6) is 0 Å². The van der Waals surface area contributed by atoms with E-state index in [4.69, 9.17) is 0 Å². The summed E-state index contributed by atoms with van der Waals surface area (Å²) in [6, 6.07) is 0. The van der Waals surface area contributed by atoms with Gasteiger partial charge in [0.05, 0.1) is 0 Å². The van der Waals surface area contributed by atoms with E-state index in [1.807, 2.05) is 0 Å². The minimum atomic E-state index is -4.55. The third-order valence-electron chi connectivity index (χ3n) is 0.834. The first kappa shape index (κ1) is 9.48. The van der Waals surface area contributed by atoms with Crippen LogP contribution in [0.15, 0.2) is 0 Å². The number of carbonyl (C=O) groups excluding carboxylic acids is 1. The van der Waals surface area contributed by atoms with Crippen LogP contribution in [-0.2, 0) is 14.6 Å². The summed E-state index contributed by atoms with van der Waals surface area (Å²) >= 11 is 0. The fourth-order valence-electron chi connectivity index (χ4n) is 0.236. The summed E-state index contributed by atoms with van der Waals surface area (Å²) in [5.74, 6) is -1.13. The molecule has 0 aromatic carbocycles. The Bertz CT molecular complexity index is 213. The zero-order valence-corrected chi connectivity index (χ0v) is 5.99. The molecule has 0 aliphatic heterocycles. The van der Waals surface area contributed by atoms with Crippen molar-refractivity contribution in [2.24, 2.45) is 0 Å². The molecule has 0 spiro atoms. The molecule has 0 N–H and O–H groups in total. The van der Waals surface area contributed by atoms with E-state index >= 15 is 0 Å². The fraction of sp³-hybridized carbons (Fsp3) is 0.750. The van der Waals surface area contributed by atoms with Gasteiger partial charge in [0.15, 0.2) is 0 Å². The SMILES string of the molecule is CC(F)(F)S(=O)(=O)CC=O. The largest absolute Gasteiger partial charge is 0.343 e. The third-order valence-corrected chi connectivity index (χ3v) is 2.50. The maximum absolute atomic E-state index is 11.9. The quantitative estimate of drug-likeness (QED) is 0.572. The zero-order chi connectivity index (χ0) is 8.41. The van der Waals surface area contributed by atoms with E-state index in [-0.39, 0.29) is 13.2 Å². The molecule has 60 valence electrons.